The molecule has 1 aromatic rings. The normalized spacial score (nSPS) is 15.4. The highest BCUT2D eigenvalue weighted by molar-refractivity contribution is 6.04. The number of anilines is 2. The summed E-state index contributed by atoms with van der Waals surface area (Å²) in [6.07, 6.45) is 0. The van der Waals surface area contributed by atoms with E-state index in [1.807, 2.05) is 0 Å². The third kappa shape index (κ3) is 2.24. The molecule has 0 spiro atoms. The van der Waals surface area contributed by atoms with Gasteiger partial charge in [-0.15, -0.1) is 0 Å². The lowest BCUT2D eigenvalue weighted by atomic mass is 10.1. The highest BCUT2D eigenvalue weighted by Gasteiger charge is 2.25. The van der Waals surface area contributed by atoms with Crippen molar-refractivity contribution in [1.29, 1.82) is 0 Å². The molecule has 1 fully saturated rings. The molecule has 7 heteroatoms. The highest BCUT2D eigenvalue weighted by Crippen LogP contribution is 2.23. The number of benzene rings is 1. The van der Waals surface area contributed by atoms with E-state index in [4.69, 9.17) is 10.8 Å². The van der Waals surface area contributed by atoms with Gasteiger partial charge >= 0.3 is 5.97 Å². The Morgan fingerprint density at radius 1 is 1.28 bits per heavy atom. The Balaban J connectivity index is 2.41. The Morgan fingerprint density at radius 3 is 2.44 bits per heavy atom. The summed E-state index contributed by atoms with van der Waals surface area (Å²) in [6.45, 7) is -0.119. The SMILES string of the molecule is Nc1ccc(N2CC(=O)NC(=O)C2)c(C(=O)O)c1. The molecule has 0 bridgehead atoms. The third-order valence-corrected chi connectivity index (χ3v) is 2.54. The number of amides is 2. The van der Waals surface area contributed by atoms with E-state index >= 15 is 0 Å². The average Bonchev–Trinajstić information content (AvgIpc) is 2.27. The van der Waals surface area contributed by atoms with E-state index in [1.165, 1.54) is 23.1 Å². The molecule has 1 aliphatic rings. The zero-order chi connectivity index (χ0) is 13.3. The molecular weight excluding hydrogens is 238 g/mol. The lowest BCUT2D eigenvalue weighted by molar-refractivity contribution is -0.130. The maximum atomic E-state index is 11.3. The van der Waals surface area contributed by atoms with Crippen LogP contribution in [-0.4, -0.2) is 36.0 Å². The Labute approximate surface area is 102 Å². The van der Waals surface area contributed by atoms with Gasteiger partial charge in [-0.1, -0.05) is 0 Å². The van der Waals surface area contributed by atoms with E-state index in [2.05, 4.69) is 5.32 Å². The van der Waals surface area contributed by atoms with Crippen molar-refractivity contribution in [3.05, 3.63) is 23.8 Å². The number of carbonyl (C=O) groups is 3. The van der Waals surface area contributed by atoms with Crippen molar-refractivity contribution in [2.75, 3.05) is 23.7 Å². The van der Waals surface area contributed by atoms with Gasteiger partial charge in [-0.3, -0.25) is 14.9 Å². The van der Waals surface area contributed by atoms with Crippen LogP contribution >= 0.6 is 0 Å². The molecule has 94 valence electrons. The molecule has 1 saturated heterocycles. The lowest BCUT2D eigenvalue weighted by Gasteiger charge is -2.28. The summed E-state index contributed by atoms with van der Waals surface area (Å²) in [7, 11) is 0. The van der Waals surface area contributed by atoms with E-state index in [0.29, 0.717) is 11.4 Å². The number of nitrogens with one attached hydrogen (secondary N) is 1. The molecule has 0 saturated carbocycles. The second kappa shape index (κ2) is 4.36. The first kappa shape index (κ1) is 11.9. The predicted molar refractivity (Wildman–Crippen MR) is 63.2 cm³/mol. The van der Waals surface area contributed by atoms with Crippen molar-refractivity contribution in [3.63, 3.8) is 0 Å². The van der Waals surface area contributed by atoms with E-state index in [0.717, 1.165) is 0 Å². The van der Waals surface area contributed by atoms with Gasteiger partial charge in [0.05, 0.1) is 24.3 Å². The van der Waals surface area contributed by atoms with Gasteiger partial charge in [0.25, 0.3) is 0 Å². The summed E-state index contributed by atoms with van der Waals surface area (Å²) in [5, 5.41) is 11.2. The minimum atomic E-state index is -1.16. The Bertz CT molecular complexity index is 525. The van der Waals surface area contributed by atoms with Crippen molar-refractivity contribution in [3.8, 4) is 0 Å². The smallest absolute Gasteiger partial charge is 0.337 e. The second-order valence-electron chi connectivity index (χ2n) is 3.91. The monoisotopic (exact) mass is 249 g/mol. The lowest BCUT2D eigenvalue weighted by Crippen LogP contribution is -2.51. The van der Waals surface area contributed by atoms with E-state index < -0.39 is 17.8 Å². The minimum Gasteiger partial charge on any atom is -0.478 e. The van der Waals surface area contributed by atoms with Gasteiger partial charge in [0.15, 0.2) is 0 Å². The van der Waals surface area contributed by atoms with Crippen LogP contribution in [0.25, 0.3) is 0 Å². The summed E-state index contributed by atoms with van der Waals surface area (Å²) in [5.41, 5.74) is 6.11. The first-order chi connectivity index (χ1) is 8.47. The number of rotatable bonds is 2. The zero-order valence-corrected chi connectivity index (χ0v) is 9.34. The third-order valence-electron chi connectivity index (χ3n) is 2.54. The highest BCUT2D eigenvalue weighted by atomic mass is 16.4. The van der Waals surface area contributed by atoms with E-state index in [9.17, 15) is 14.4 Å². The molecule has 1 aromatic carbocycles. The van der Waals surface area contributed by atoms with Crippen LogP contribution in [0.4, 0.5) is 11.4 Å². The first-order valence-electron chi connectivity index (χ1n) is 5.18. The molecule has 2 rings (SSSR count). The fourth-order valence-electron chi connectivity index (χ4n) is 1.81. The number of carboxylic acids is 1. The van der Waals surface area contributed by atoms with Crippen molar-refractivity contribution < 1.29 is 19.5 Å². The number of imide groups is 1. The van der Waals surface area contributed by atoms with E-state index in [-0.39, 0.29) is 18.7 Å². The predicted octanol–water partition coefficient (Wildman–Crippen LogP) is -0.570. The number of nitrogens with zero attached hydrogens (tertiary/aromatic N) is 1. The summed E-state index contributed by atoms with van der Waals surface area (Å²) >= 11 is 0. The van der Waals surface area contributed by atoms with Crippen LogP contribution in [0, 0.1) is 0 Å². The summed E-state index contributed by atoms with van der Waals surface area (Å²) in [5.74, 6) is -2.07. The molecule has 4 N–H and O–H groups in total. The number of hydrogen-bond acceptors (Lipinski definition) is 5. The summed E-state index contributed by atoms with van der Waals surface area (Å²) < 4.78 is 0. The number of carbonyl (C=O) groups excluding carboxylic acids is 2. The molecule has 0 aliphatic carbocycles. The number of nitrogens with two attached hydrogens (primary N) is 1. The van der Waals surface area contributed by atoms with Gasteiger partial charge in [0.2, 0.25) is 11.8 Å². The van der Waals surface area contributed by atoms with Gasteiger partial charge in [0, 0.05) is 5.69 Å². The number of nitrogen functional groups attached to an aromatic ring is 1. The molecule has 0 unspecified atom stereocenters. The standard InChI is InChI=1S/C11H11N3O4/c12-6-1-2-8(7(3-6)11(17)18)14-4-9(15)13-10(16)5-14/h1-3H,4-5,12H2,(H,17,18)(H,13,15,16). The van der Waals surface area contributed by atoms with Gasteiger partial charge in [-0.05, 0) is 18.2 Å². The molecule has 1 aliphatic heterocycles. The fraction of sp³-hybridized carbons (Fsp3) is 0.182. The molecule has 0 radical (unpaired) electrons. The maximum absolute atomic E-state index is 11.3. The summed E-state index contributed by atoms with van der Waals surface area (Å²) in [6, 6.07) is 4.32. The van der Waals surface area contributed by atoms with Gasteiger partial charge in [-0.25, -0.2) is 4.79 Å². The Kier molecular flexibility index (Phi) is 2.88. The number of carboxylic acid groups (broad SMARTS) is 1. The van der Waals surface area contributed by atoms with Crippen molar-refractivity contribution in [2.24, 2.45) is 0 Å². The quantitative estimate of drug-likeness (QED) is 0.478. The van der Waals surface area contributed by atoms with Crippen LogP contribution in [0.1, 0.15) is 10.4 Å². The second-order valence-corrected chi connectivity index (χ2v) is 3.91. The zero-order valence-electron chi connectivity index (χ0n) is 9.34. The van der Waals surface area contributed by atoms with Crippen LogP contribution in [0.5, 0.6) is 0 Å². The van der Waals surface area contributed by atoms with Crippen LogP contribution in [0.2, 0.25) is 0 Å². The fourth-order valence-corrected chi connectivity index (χ4v) is 1.81. The van der Waals surface area contributed by atoms with Crippen molar-refractivity contribution >= 4 is 29.2 Å². The molecule has 7 nitrogen and oxygen atoms in total. The molecule has 0 aromatic heterocycles. The van der Waals surface area contributed by atoms with E-state index in [1.54, 1.807) is 0 Å². The average molecular weight is 249 g/mol. The topological polar surface area (TPSA) is 113 Å². The van der Waals surface area contributed by atoms with Gasteiger partial charge in [0.1, 0.15) is 0 Å². The molecule has 18 heavy (non-hydrogen) atoms. The molecular formula is C11H11N3O4. The molecule has 2 amide bonds. The largest absolute Gasteiger partial charge is 0.478 e. The van der Waals surface area contributed by atoms with Crippen LogP contribution in [0.3, 0.4) is 0 Å². The number of piperazine rings is 1. The number of hydrogen-bond donors (Lipinski definition) is 3. The molecule has 1 heterocycles. The Morgan fingerprint density at radius 2 is 1.89 bits per heavy atom. The van der Waals surface area contributed by atoms with Crippen LogP contribution < -0.4 is 16.0 Å². The molecule has 0 atom stereocenters. The van der Waals surface area contributed by atoms with Gasteiger partial charge < -0.3 is 15.7 Å². The summed E-state index contributed by atoms with van der Waals surface area (Å²) in [4.78, 5) is 35.0. The van der Waals surface area contributed by atoms with Crippen LogP contribution in [-0.2, 0) is 9.59 Å². The first-order valence-corrected chi connectivity index (χ1v) is 5.18. The van der Waals surface area contributed by atoms with Crippen LogP contribution in [0.15, 0.2) is 18.2 Å². The minimum absolute atomic E-state index is 0.0301. The van der Waals surface area contributed by atoms with Crippen molar-refractivity contribution in [1.82, 2.24) is 5.32 Å². The van der Waals surface area contributed by atoms with Crippen molar-refractivity contribution in [2.45, 2.75) is 0 Å². The number of aromatic carboxylic acids is 1. The Hall–Kier alpha value is -2.57. The maximum Gasteiger partial charge on any atom is 0.337 e. The van der Waals surface area contributed by atoms with Gasteiger partial charge in [-0.2, -0.15) is 0 Å².